The molecule has 3 aliphatic heterocycles. The highest BCUT2D eigenvalue weighted by Crippen LogP contribution is 2.40. The van der Waals surface area contributed by atoms with Crippen LogP contribution in [0.1, 0.15) is 38.5 Å². The van der Waals surface area contributed by atoms with E-state index in [0.717, 1.165) is 38.8 Å². The molecule has 10 heteroatoms. The topological polar surface area (TPSA) is 80.7 Å². The minimum Gasteiger partial charge on any atom is -0.461 e. The maximum Gasteiger partial charge on any atom is 0.319 e. The molecule has 0 radical (unpaired) electrons. The van der Waals surface area contributed by atoms with Crippen LogP contribution in [0, 0.1) is 17.6 Å². The summed E-state index contributed by atoms with van der Waals surface area (Å²) in [5.41, 5.74) is 0.397. The highest BCUT2D eigenvalue weighted by atomic mass is 19.1. The third kappa shape index (κ3) is 5.44. The molecular formula is C37H35F2N5O3. The van der Waals surface area contributed by atoms with Crippen molar-refractivity contribution in [2.24, 2.45) is 5.92 Å². The van der Waals surface area contributed by atoms with Crippen LogP contribution in [0.5, 0.6) is 11.8 Å². The summed E-state index contributed by atoms with van der Waals surface area (Å²) < 4.78 is 43.7. The van der Waals surface area contributed by atoms with E-state index >= 15 is 8.78 Å². The lowest BCUT2D eigenvalue weighted by Gasteiger charge is -2.33. The lowest BCUT2D eigenvalue weighted by atomic mass is 9.95. The van der Waals surface area contributed by atoms with Crippen LogP contribution in [-0.4, -0.2) is 64.1 Å². The van der Waals surface area contributed by atoms with Crippen LogP contribution in [0.3, 0.4) is 0 Å². The van der Waals surface area contributed by atoms with E-state index in [4.69, 9.17) is 14.5 Å². The number of rotatable bonds is 7. The van der Waals surface area contributed by atoms with E-state index in [0.29, 0.717) is 65.8 Å². The largest absolute Gasteiger partial charge is 0.461 e. The zero-order valence-electron chi connectivity index (χ0n) is 26.0. The Labute approximate surface area is 271 Å². The standard InChI is InChI=1S/C37H35F2N5O3/c38-29-13-5-9-24-8-4-12-27(30(24)29)32-31(39)33-28(22-40-32)34(42-36(41-33)46-23-37-16-6-18-44(37)19-7-17-37)43-20-14-25(15-21-43)35(45)47-26-10-2-1-3-11-26/h1-5,8-13,22,25H,6-7,14-21,23H2. The van der Waals surface area contributed by atoms with Gasteiger partial charge in [0, 0.05) is 30.2 Å². The van der Waals surface area contributed by atoms with E-state index in [9.17, 15) is 4.79 Å². The Morgan fingerprint density at radius 3 is 2.40 bits per heavy atom. The smallest absolute Gasteiger partial charge is 0.319 e. The molecule has 3 saturated heterocycles. The number of benzene rings is 3. The van der Waals surface area contributed by atoms with E-state index in [1.807, 2.05) is 23.1 Å². The summed E-state index contributed by atoms with van der Waals surface area (Å²) in [4.78, 5) is 31.4. The van der Waals surface area contributed by atoms with Gasteiger partial charge in [-0.15, -0.1) is 0 Å². The van der Waals surface area contributed by atoms with E-state index in [-0.39, 0.29) is 34.6 Å². The second kappa shape index (κ2) is 12.2. The molecule has 0 spiro atoms. The summed E-state index contributed by atoms with van der Waals surface area (Å²) in [7, 11) is 0. The van der Waals surface area contributed by atoms with Gasteiger partial charge in [0.1, 0.15) is 35.2 Å². The van der Waals surface area contributed by atoms with E-state index in [2.05, 4.69) is 14.9 Å². The van der Waals surface area contributed by atoms with Gasteiger partial charge in [0.05, 0.1) is 16.8 Å². The lowest BCUT2D eigenvalue weighted by Crippen LogP contribution is -2.43. The van der Waals surface area contributed by atoms with Crippen LogP contribution in [0.4, 0.5) is 14.6 Å². The molecule has 0 unspecified atom stereocenters. The van der Waals surface area contributed by atoms with Crippen LogP contribution in [-0.2, 0) is 4.79 Å². The zero-order chi connectivity index (χ0) is 32.0. The number of nitrogens with zero attached hydrogens (tertiary/aromatic N) is 5. The highest BCUT2D eigenvalue weighted by Gasteiger charge is 2.45. The normalized spacial score (nSPS) is 18.1. The number of aromatic nitrogens is 3. The maximum absolute atomic E-state index is 16.7. The van der Waals surface area contributed by atoms with Crippen molar-refractivity contribution in [3.63, 3.8) is 0 Å². The van der Waals surface area contributed by atoms with Crippen LogP contribution in [0.2, 0.25) is 0 Å². The third-order valence-corrected chi connectivity index (χ3v) is 10.1. The van der Waals surface area contributed by atoms with Gasteiger partial charge in [-0.1, -0.05) is 48.5 Å². The highest BCUT2D eigenvalue weighted by molar-refractivity contribution is 5.99. The zero-order valence-corrected chi connectivity index (χ0v) is 26.0. The van der Waals surface area contributed by atoms with Gasteiger partial charge in [-0.2, -0.15) is 9.97 Å². The number of hydrogen-bond acceptors (Lipinski definition) is 8. The molecule has 240 valence electrons. The van der Waals surface area contributed by atoms with Crippen molar-refractivity contribution >= 4 is 33.5 Å². The first-order valence-electron chi connectivity index (χ1n) is 16.4. The van der Waals surface area contributed by atoms with Gasteiger partial charge >= 0.3 is 12.0 Å². The first kappa shape index (κ1) is 29.7. The fraction of sp³-hybridized carbons (Fsp3) is 0.351. The molecule has 0 amide bonds. The van der Waals surface area contributed by atoms with Crippen molar-refractivity contribution in [3.8, 4) is 23.0 Å². The van der Waals surface area contributed by atoms with Gasteiger partial charge in [-0.3, -0.25) is 14.7 Å². The fourth-order valence-electron chi connectivity index (χ4n) is 7.68. The monoisotopic (exact) mass is 635 g/mol. The molecule has 0 N–H and O–H groups in total. The predicted octanol–water partition coefficient (Wildman–Crippen LogP) is 6.95. The molecule has 0 atom stereocenters. The number of carbonyl (C=O) groups is 1. The molecule has 47 heavy (non-hydrogen) atoms. The molecule has 0 bridgehead atoms. The average molecular weight is 636 g/mol. The number of anilines is 1. The van der Waals surface area contributed by atoms with Gasteiger partial charge in [0.2, 0.25) is 0 Å². The molecule has 5 heterocycles. The fourth-order valence-corrected chi connectivity index (χ4v) is 7.68. The number of pyridine rings is 1. The number of esters is 1. The van der Waals surface area contributed by atoms with Crippen molar-refractivity contribution in [1.29, 1.82) is 0 Å². The summed E-state index contributed by atoms with van der Waals surface area (Å²) in [6.07, 6.45) is 7.02. The first-order valence-corrected chi connectivity index (χ1v) is 16.4. The molecule has 2 aromatic heterocycles. The summed E-state index contributed by atoms with van der Waals surface area (Å²) in [5, 5.41) is 1.39. The van der Waals surface area contributed by atoms with Gasteiger partial charge < -0.3 is 14.4 Å². The SMILES string of the molecule is O=C(Oc1ccccc1)C1CCN(c2nc(OCC34CCCN3CCC4)nc3c(F)c(-c4cccc5cccc(F)c45)ncc23)CC1. The van der Waals surface area contributed by atoms with Gasteiger partial charge in [-0.25, -0.2) is 8.78 Å². The molecule has 0 aliphatic carbocycles. The molecule has 8 rings (SSSR count). The third-order valence-electron chi connectivity index (χ3n) is 10.1. The number of halogens is 2. The van der Waals surface area contributed by atoms with Gasteiger partial charge in [0.15, 0.2) is 5.82 Å². The maximum atomic E-state index is 16.7. The Bertz CT molecular complexity index is 1950. The first-order chi connectivity index (χ1) is 23.0. The van der Waals surface area contributed by atoms with Gasteiger partial charge in [0.25, 0.3) is 0 Å². The lowest BCUT2D eigenvalue weighted by molar-refractivity contribution is -0.139. The van der Waals surface area contributed by atoms with Crippen molar-refractivity contribution in [3.05, 3.63) is 84.6 Å². The minimum absolute atomic E-state index is 0.0162. The van der Waals surface area contributed by atoms with Crippen molar-refractivity contribution < 1.29 is 23.0 Å². The molecular weight excluding hydrogens is 600 g/mol. The number of para-hydroxylation sites is 1. The van der Waals surface area contributed by atoms with E-state index in [1.54, 1.807) is 48.7 Å². The molecule has 5 aromatic rings. The Balaban J connectivity index is 1.14. The Kier molecular flexibility index (Phi) is 7.67. The van der Waals surface area contributed by atoms with E-state index in [1.165, 1.54) is 6.07 Å². The summed E-state index contributed by atoms with van der Waals surface area (Å²) in [6.45, 7) is 3.56. The molecule has 3 aromatic carbocycles. The predicted molar refractivity (Wildman–Crippen MR) is 175 cm³/mol. The molecule has 0 saturated carbocycles. The van der Waals surface area contributed by atoms with Gasteiger partial charge in [-0.05, 0) is 75.2 Å². The number of carbonyl (C=O) groups excluding carboxylic acids is 1. The second-order valence-corrected chi connectivity index (χ2v) is 12.9. The van der Waals surface area contributed by atoms with Crippen molar-refractivity contribution in [2.75, 3.05) is 37.7 Å². The second-order valence-electron chi connectivity index (χ2n) is 12.9. The quantitative estimate of drug-likeness (QED) is 0.140. The number of piperidine rings is 1. The van der Waals surface area contributed by atoms with Crippen LogP contribution in [0.25, 0.3) is 32.9 Å². The van der Waals surface area contributed by atoms with Crippen LogP contribution >= 0.6 is 0 Å². The molecule has 8 nitrogen and oxygen atoms in total. The van der Waals surface area contributed by atoms with E-state index < -0.39 is 11.6 Å². The minimum atomic E-state index is -0.658. The van der Waals surface area contributed by atoms with Crippen molar-refractivity contribution in [2.45, 2.75) is 44.1 Å². The molecule has 3 aliphatic rings. The summed E-state index contributed by atoms with van der Waals surface area (Å²) in [6, 6.07) is 19.2. The number of ether oxygens (including phenoxy) is 2. The van der Waals surface area contributed by atoms with Crippen molar-refractivity contribution in [1.82, 2.24) is 19.9 Å². The summed E-state index contributed by atoms with van der Waals surface area (Å²) >= 11 is 0. The summed E-state index contributed by atoms with van der Waals surface area (Å²) in [5.74, 6) is -0.604. The van der Waals surface area contributed by atoms with Crippen LogP contribution in [0.15, 0.2) is 72.9 Å². The Hall–Kier alpha value is -4.70. The Morgan fingerprint density at radius 1 is 0.894 bits per heavy atom. The molecule has 3 fully saturated rings. The van der Waals surface area contributed by atoms with Crippen LogP contribution < -0.4 is 14.4 Å². The Morgan fingerprint density at radius 2 is 1.64 bits per heavy atom. The number of hydrogen-bond donors (Lipinski definition) is 0. The average Bonchev–Trinajstić information content (AvgIpc) is 3.69. The number of fused-ring (bicyclic) bond motifs is 3.